The highest BCUT2D eigenvalue weighted by Crippen LogP contribution is 2.30. The van der Waals surface area contributed by atoms with E-state index in [-0.39, 0.29) is 24.0 Å². The minimum atomic E-state index is -3.49. The lowest BCUT2D eigenvalue weighted by molar-refractivity contribution is -0.121. The highest BCUT2D eigenvalue weighted by atomic mass is 35.5. The molecule has 4 rings (SSSR count). The van der Waals surface area contributed by atoms with E-state index in [1.807, 2.05) is 18.2 Å². The van der Waals surface area contributed by atoms with Gasteiger partial charge in [-0.05, 0) is 42.7 Å². The molecule has 3 aromatic rings. The number of sulfonamides is 1. The molecule has 7 nitrogen and oxygen atoms in total. The quantitative estimate of drug-likeness (QED) is 0.571. The van der Waals surface area contributed by atoms with Crippen LogP contribution in [-0.2, 0) is 26.2 Å². The van der Waals surface area contributed by atoms with Crippen LogP contribution in [0.2, 0.25) is 5.02 Å². The first-order valence-corrected chi connectivity index (χ1v) is 12.1. The smallest absolute Gasteiger partial charge is 0.252 e. The van der Waals surface area contributed by atoms with E-state index in [4.69, 9.17) is 16.3 Å². The number of hydrogen-bond donors (Lipinski definition) is 1. The third-order valence-corrected chi connectivity index (χ3v) is 7.95. The highest BCUT2D eigenvalue weighted by molar-refractivity contribution is 7.89. The molecule has 1 aliphatic heterocycles. The van der Waals surface area contributed by atoms with Crippen molar-refractivity contribution in [2.75, 3.05) is 25.0 Å². The number of carbonyl (C=O) groups is 1. The molecule has 0 aliphatic carbocycles. The molecule has 2 heterocycles. The number of ether oxygens (including phenoxy) is 1. The lowest BCUT2D eigenvalue weighted by atomic mass is 10.2. The van der Waals surface area contributed by atoms with Gasteiger partial charge in [0.2, 0.25) is 10.0 Å². The van der Waals surface area contributed by atoms with Crippen LogP contribution in [0, 0.1) is 0 Å². The van der Waals surface area contributed by atoms with Crippen molar-refractivity contribution in [3.8, 4) is 0 Å². The van der Waals surface area contributed by atoms with Crippen molar-refractivity contribution in [1.82, 2.24) is 9.29 Å². The number of thiazole rings is 1. The van der Waals surface area contributed by atoms with Gasteiger partial charge in [0, 0.05) is 18.1 Å². The number of rotatable bonds is 7. The van der Waals surface area contributed by atoms with Gasteiger partial charge in [0.05, 0.1) is 21.7 Å². The molecule has 0 spiro atoms. The molecule has 1 fully saturated rings. The fourth-order valence-electron chi connectivity index (χ4n) is 3.22. The Morgan fingerprint density at radius 1 is 1.20 bits per heavy atom. The second-order valence-electron chi connectivity index (χ2n) is 6.89. The molecule has 158 valence electrons. The van der Waals surface area contributed by atoms with Gasteiger partial charge in [-0.2, -0.15) is 4.31 Å². The number of nitrogens with one attached hydrogen (secondary N) is 1. The van der Waals surface area contributed by atoms with E-state index >= 15 is 0 Å². The maximum Gasteiger partial charge on any atom is 0.252 e. The van der Waals surface area contributed by atoms with Gasteiger partial charge in [-0.25, -0.2) is 13.4 Å². The van der Waals surface area contributed by atoms with Gasteiger partial charge in [0.15, 0.2) is 5.13 Å². The summed E-state index contributed by atoms with van der Waals surface area (Å²) in [5.41, 5.74) is 1.44. The predicted octanol–water partition coefficient (Wildman–Crippen LogP) is 3.89. The van der Waals surface area contributed by atoms with Gasteiger partial charge in [-0.3, -0.25) is 10.1 Å². The van der Waals surface area contributed by atoms with Crippen molar-refractivity contribution >= 4 is 54.2 Å². The van der Waals surface area contributed by atoms with Crippen LogP contribution < -0.4 is 5.32 Å². The number of hydrogen-bond acceptors (Lipinski definition) is 6. The molecular weight excluding hydrogens is 446 g/mol. The van der Waals surface area contributed by atoms with Gasteiger partial charge >= 0.3 is 0 Å². The number of amides is 1. The van der Waals surface area contributed by atoms with E-state index in [9.17, 15) is 13.2 Å². The topological polar surface area (TPSA) is 88.6 Å². The molecular formula is C20H20ClN3O4S2. The summed E-state index contributed by atoms with van der Waals surface area (Å²) in [6.07, 6.45) is 1.77. The van der Waals surface area contributed by atoms with E-state index in [1.54, 1.807) is 24.3 Å². The summed E-state index contributed by atoms with van der Waals surface area (Å²) in [6, 6.07) is 12.1. The van der Waals surface area contributed by atoms with E-state index in [0.717, 1.165) is 18.4 Å². The summed E-state index contributed by atoms with van der Waals surface area (Å²) in [6.45, 7) is 1.19. The zero-order valence-corrected chi connectivity index (χ0v) is 18.4. The summed E-state index contributed by atoms with van der Waals surface area (Å²) >= 11 is 7.29. The molecule has 0 unspecified atom stereocenters. The Hall–Kier alpha value is -2.04. The van der Waals surface area contributed by atoms with Crippen LogP contribution in [0.25, 0.3) is 10.2 Å². The molecule has 30 heavy (non-hydrogen) atoms. The van der Waals surface area contributed by atoms with Gasteiger partial charge in [-0.15, -0.1) is 0 Å². The number of anilines is 1. The zero-order chi connectivity index (χ0) is 21.1. The first-order chi connectivity index (χ1) is 14.4. The van der Waals surface area contributed by atoms with Gasteiger partial charge in [-0.1, -0.05) is 41.1 Å². The number of halogens is 1. The summed E-state index contributed by atoms with van der Waals surface area (Å²) < 4.78 is 33.1. The average molecular weight is 466 g/mol. The van der Waals surface area contributed by atoms with Crippen LogP contribution in [0.5, 0.6) is 0 Å². The summed E-state index contributed by atoms with van der Waals surface area (Å²) in [7, 11) is -3.49. The van der Waals surface area contributed by atoms with E-state index < -0.39 is 10.0 Å². The Morgan fingerprint density at radius 2 is 1.97 bits per heavy atom. The van der Waals surface area contributed by atoms with Crippen LogP contribution in [0.15, 0.2) is 47.4 Å². The molecule has 1 N–H and O–H groups in total. The molecule has 1 saturated heterocycles. The Morgan fingerprint density at radius 3 is 2.73 bits per heavy atom. The Bertz CT molecular complexity index is 1170. The number of nitrogens with zero attached hydrogens (tertiary/aromatic N) is 2. The maximum absolute atomic E-state index is 12.7. The Labute approximate surface area is 183 Å². The molecule has 0 atom stereocenters. The van der Waals surface area contributed by atoms with Crippen LogP contribution in [0.4, 0.5) is 5.13 Å². The summed E-state index contributed by atoms with van der Waals surface area (Å²) in [4.78, 5) is 16.8. The summed E-state index contributed by atoms with van der Waals surface area (Å²) in [5, 5.41) is 3.68. The molecule has 0 bridgehead atoms. The van der Waals surface area contributed by atoms with Crippen molar-refractivity contribution < 1.29 is 17.9 Å². The fourth-order valence-corrected chi connectivity index (χ4v) is 5.95. The second-order valence-corrected chi connectivity index (χ2v) is 10.3. The zero-order valence-electron chi connectivity index (χ0n) is 16.0. The van der Waals surface area contributed by atoms with Crippen molar-refractivity contribution in [1.29, 1.82) is 0 Å². The standard InChI is InChI=1S/C20H20ClN3O4S2/c21-16-6-2-1-5-14(16)12-28-13-19(25)23-20-22-17-8-7-15(11-18(17)29-20)30(26,27)24-9-3-4-10-24/h1-2,5-8,11H,3-4,9-10,12-13H2,(H,22,23,25). The molecule has 1 aromatic heterocycles. The molecule has 0 saturated carbocycles. The van der Waals surface area contributed by atoms with Crippen LogP contribution in [0.1, 0.15) is 18.4 Å². The fraction of sp³-hybridized carbons (Fsp3) is 0.300. The minimum Gasteiger partial charge on any atom is -0.367 e. The predicted molar refractivity (Wildman–Crippen MR) is 117 cm³/mol. The van der Waals surface area contributed by atoms with Crippen LogP contribution in [-0.4, -0.2) is 43.3 Å². The Kier molecular flexibility index (Phi) is 6.35. The number of benzene rings is 2. The van der Waals surface area contributed by atoms with Gasteiger partial charge < -0.3 is 4.74 Å². The lowest BCUT2D eigenvalue weighted by Crippen LogP contribution is -2.27. The maximum atomic E-state index is 12.7. The SMILES string of the molecule is O=C(COCc1ccccc1Cl)Nc1nc2ccc(S(=O)(=O)N3CCCC3)cc2s1. The number of carbonyl (C=O) groups excluding carboxylic acids is 1. The van der Waals surface area contributed by atoms with Gasteiger partial charge in [0.25, 0.3) is 5.91 Å². The first kappa shape index (κ1) is 21.2. The Balaban J connectivity index is 1.40. The lowest BCUT2D eigenvalue weighted by Gasteiger charge is -2.15. The van der Waals surface area contributed by atoms with Gasteiger partial charge in [0.1, 0.15) is 6.61 Å². The third kappa shape index (κ3) is 4.65. The average Bonchev–Trinajstić information content (AvgIpc) is 3.38. The molecule has 1 amide bonds. The van der Waals surface area contributed by atoms with Crippen molar-refractivity contribution in [3.63, 3.8) is 0 Å². The molecule has 2 aromatic carbocycles. The number of aromatic nitrogens is 1. The molecule has 1 aliphatic rings. The third-order valence-electron chi connectivity index (χ3n) is 4.76. The largest absolute Gasteiger partial charge is 0.367 e. The normalized spacial score (nSPS) is 15.0. The van der Waals surface area contributed by atoms with E-state index in [2.05, 4.69) is 10.3 Å². The van der Waals surface area contributed by atoms with E-state index in [0.29, 0.717) is 33.5 Å². The molecule has 0 radical (unpaired) electrons. The highest BCUT2D eigenvalue weighted by Gasteiger charge is 2.27. The van der Waals surface area contributed by atoms with Crippen LogP contribution in [0.3, 0.4) is 0 Å². The van der Waals surface area contributed by atoms with Crippen molar-refractivity contribution in [3.05, 3.63) is 53.1 Å². The summed E-state index contributed by atoms with van der Waals surface area (Å²) in [5.74, 6) is -0.342. The second kappa shape index (κ2) is 8.99. The van der Waals surface area contributed by atoms with Crippen molar-refractivity contribution in [2.45, 2.75) is 24.3 Å². The monoisotopic (exact) mass is 465 g/mol. The van der Waals surface area contributed by atoms with Crippen LogP contribution >= 0.6 is 22.9 Å². The first-order valence-electron chi connectivity index (χ1n) is 9.45. The number of fused-ring (bicyclic) bond motifs is 1. The molecule has 10 heteroatoms. The van der Waals surface area contributed by atoms with Crippen molar-refractivity contribution in [2.24, 2.45) is 0 Å². The van der Waals surface area contributed by atoms with E-state index in [1.165, 1.54) is 15.6 Å². The minimum absolute atomic E-state index is 0.143.